The lowest BCUT2D eigenvalue weighted by atomic mass is 9.95. The zero-order chi connectivity index (χ0) is 33.3. The maximum absolute atomic E-state index is 3.74. The van der Waals surface area contributed by atoms with Crippen LogP contribution in [0.25, 0.3) is 72.0 Å². The van der Waals surface area contributed by atoms with Crippen LogP contribution in [0, 0.1) is 0 Å². The third-order valence-corrected chi connectivity index (χ3v) is 9.59. The summed E-state index contributed by atoms with van der Waals surface area (Å²) in [5.74, 6) is 0. The van der Waals surface area contributed by atoms with Crippen molar-refractivity contribution in [2.45, 2.75) is 0 Å². The minimum Gasteiger partial charge on any atom is -0.355 e. The number of anilines is 2. The Balaban J connectivity index is 1.19. The number of hydrogen-bond acceptors (Lipinski definition) is 1. The first-order chi connectivity index (χ1) is 24.8. The van der Waals surface area contributed by atoms with Gasteiger partial charge in [-0.3, -0.25) is 0 Å². The first-order valence-corrected chi connectivity index (χ1v) is 17.1. The van der Waals surface area contributed by atoms with Crippen LogP contribution in [0.5, 0.6) is 0 Å². The van der Waals surface area contributed by atoms with Crippen LogP contribution in [0.1, 0.15) is 0 Å². The van der Waals surface area contributed by atoms with Gasteiger partial charge in [0, 0.05) is 39.0 Å². The SMILES string of the molecule is c1ccc(-c2ccc(Nc3ccc(-c4cccc5c6ccccc6n(-c6cccc(-c7ccccc7)c6)c45)cc3-c3ccccc3)cc2)cc1. The molecule has 9 rings (SSSR count). The van der Waals surface area contributed by atoms with Gasteiger partial charge in [-0.05, 0) is 75.8 Å². The van der Waals surface area contributed by atoms with Crippen LogP contribution in [0.2, 0.25) is 0 Å². The second-order valence-electron chi connectivity index (χ2n) is 12.7. The Bertz CT molecular complexity index is 2580. The molecule has 236 valence electrons. The van der Waals surface area contributed by atoms with Crippen molar-refractivity contribution in [3.63, 3.8) is 0 Å². The molecule has 0 aliphatic carbocycles. The fraction of sp³-hybridized carbons (Fsp3) is 0. The molecule has 0 fully saturated rings. The predicted molar refractivity (Wildman–Crippen MR) is 212 cm³/mol. The lowest BCUT2D eigenvalue weighted by molar-refractivity contribution is 1.18. The van der Waals surface area contributed by atoms with Gasteiger partial charge in [-0.1, -0.05) is 158 Å². The number of para-hydroxylation sites is 2. The molecule has 2 heteroatoms. The van der Waals surface area contributed by atoms with E-state index < -0.39 is 0 Å². The molecule has 1 heterocycles. The van der Waals surface area contributed by atoms with Crippen molar-refractivity contribution in [1.29, 1.82) is 0 Å². The molecule has 50 heavy (non-hydrogen) atoms. The summed E-state index contributed by atoms with van der Waals surface area (Å²) in [5.41, 5.74) is 15.2. The van der Waals surface area contributed by atoms with Crippen molar-refractivity contribution in [3.8, 4) is 50.2 Å². The smallest absolute Gasteiger partial charge is 0.0619 e. The average molecular weight is 639 g/mol. The van der Waals surface area contributed by atoms with Crippen molar-refractivity contribution in [2.75, 3.05) is 5.32 Å². The summed E-state index contributed by atoms with van der Waals surface area (Å²) in [6.45, 7) is 0. The number of aromatic nitrogens is 1. The summed E-state index contributed by atoms with van der Waals surface area (Å²) in [6.07, 6.45) is 0. The van der Waals surface area contributed by atoms with E-state index in [0.717, 1.165) is 22.6 Å². The van der Waals surface area contributed by atoms with E-state index in [4.69, 9.17) is 0 Å². The predicted octanol–water partition coefficient (Wildman–Crippen LogP) is 13.2. The van der Waals surface area contributed by atoms with Gasteiger partial charge in [0.1, 0.15) is 0 Å². The molecule has 0 saturated carbocycles. The second kappa shape index (κ2) is 12.8. The Hall–Kier alpha value is -6.64. The molecule has 1 aromatic heterocycles. The minimum absolute atomic E-state index is 1.05. The van der Waals surface area contributed by atoms with Crippen molar-refractivity contribution in [1.82, 2.24) is 4.57 Å². The Morgan fingerprint density at radius 3 is 1.64 bits per heavy atom. The van der Waals surface area contributed by atoms with E-state index in [2.05, 4.69) is 210 Å². The summed E-state index contributed by atoms with van der Waals surface area (Å²) < 4.78 is 2.44. The van der Waals surface area contributed by atoms with E-state index in [1.165, 1.54) is 60.8 Å². The van der Waals surface area contributed by atoms with Gasteiger partial charge in [0.25, 0.3) is 0 Å². The van der Waals surface area contributed by atoms with Crippen LogP contribution < -0.4 is 5.32 Å². The number of nitrogens with zero attached hydrogens (tertiary/aromatic N) is 1. The molecule has 0 bridgehead atoms. The molecule has 0 amide bonds. The van der Waals surface area contributed by atoms with Crippen LogP contribution in [0.15, 0.2) is 200 Å². The number of hydrogen-bond donors (Lipinski definition) is 1. The van der Waals surface area contributed by atoms with E-state index in [1.54, 1.807) is 0 Å². The van der Waals surface area contributed by atoms with Crippen LogP contribution in [-0.4, -0.2) is 4.57 Å². The van der Waals surface area contributed by atoms with Gasteiger partial charge in [0.15, 0.2) is 0 Å². The average Bonchev–Trinajstić information content (AvgIpc) is 3.54. The van der Waals surface area contributed by atoms with Gasteiger partial charge >= 0.3 is 0 Å². The molecule has 0 radical (unpaired) electrons. The van der Waals surface area contributed by atoms with Gasteiger partial charge in [-0.2, -0.15) is 0 Å². The van der Waals surface area contributed by atoms with Crippen molar-refractivity contribution >= 4 is 33.2 Å². The van der Waals surface area contributed by atoms with Gasteiger partial charge in [0.05, 0.1) is 11.0 Å². The first-order valence-electron chi connectivity index (χ1n) is 17.1. The number of rotatable bonds is 7. The largest absolute Gasteiger partial charge is 0.355 e. The molecule has 0 aliphatic rings. The molecule has 8 aromatic carbocycles. The molecule has 2 nitrogen and oxygen atoms in total. The van der Waals surface area contributed by atoms with E-state index in [0.29, 0.717) is 0 Å². The van der Waals surface area contributed by atoms with Gasteiger partial charge in [0.2, 0.25) is 0 Å². The molecular formula is C48H34N2. The molecule has 1 N–H and O–H groups in total. The normalized spacial score (nSPS) is 11.2. The maximum atomic E-state index is 3.74. The second-order valence-corrected chi connectivity index (χ2v) is 12.7. The highest BCUT2D eigenvalue weighted by molar-refractivity contribution is 6.14. The van der Waals surface area contributed by atoms with Crippen molar-refractivity contribution in [2.24, 2.45) is 0 Å². The zero-order valence-corrected chi connectivity index (χ0v) is 27.5. The molecule has 0 aliphatic heterocycles. The lowest BCUT2D eigenvalue weighted by Crippen LogP contribution is -1.97. The number of benzene rings is 8. The monoisotopic (exact) mass is 638 g/mol. The van der Waals surface area contributed by atoms with Crippen LogP contribution >= 0.6 is 0 Å². The maximum Gasteiger partial charge on any atom is 0.0619 e. The third-order valence-electron chi connectivity index (χ3n) is 9.59. The first kappa shape index (κ1) is 29.5. The summed E-state index contributed by atoms with van der Waals surface area (Å²) >= 11 is 0. The Morgan fingerprint density at radius 1 is 0.340 bits per heavy atom. The summed E-state index contributed by atoms with van der Waals surface area (Å²) in [7, 11) is 0. The van der Waals surface area contributed by atoms with E-state index >= 15 is 0 Å². The van der Waals surface area contributed by atoms with Crippen LogP contribution in [-0.2, 0) is 0 Å². The highest BCUT2D eigenvalue weighted by Gasteiger charge is 2.18. The molecule has 0 saturated heterocycles. The molecule has 9 aromatic rings. The van der Waals surface area contributed by atoms with Crippen LogP contribution in [0.4, 0.5) is 11.4 Å². The van der Waals surface area contributed by atoms with Crippen molar-refractivity contribution < 1.29 is 0 Å². The standard InChI is InChI=1S/C48H34N2/c1-4-14-34(15-5-1)36-26-29-40(30-27-36)49-46-31-28-39(33-45(46)37-18-8-3-9-19-37)42-23-13-24-44-43-22-10-11-25-47(43)50(48(42)44)41-21-12-20-38(32-41)35-16-6-2-7-17-35/h1-33,49H. The van der Waals surface area contributed by atoms with Crippen molar-refractivity contribution in [3.05, 3.63) is 200 Å². The summed E-state index contributed by atoms with van der Waals surface area (Å²) in [6, 6.07) is 71.7. The Kier molecular flexibility index (Phi) is 7.53. The minimum atomic E-state index is 1.05. The Labute approximate surface area is 292 Å². The molecule has 0 spiro atoms. The van der Waals surface area contributed by atoms with E-state index in [-0.39, 0.29) is 0 Å². The third kappa shape index (κ3) is 5.43. The van der Waals surface area contributed by atoms with Crippen LogP contribution in [0.3, 0.4) is 0 Å². The van der Waals surface area contributed by atoms with E-state index in [9.17, 15) is 0 Å². The quantitative estimate of drug-likeness (QED) is 0.184. The topological polar surface area (TPSA) is 17.0 Å². The summed E-state index contributed by atoms with van der Waals surface area (Å²) in [5, 5.41) is 6.23. The lowest BCUT2D eigenvalue weighted by Gasteiger charge is -2.17. The van der Waals surface area contributed by atoms with Gasteiger partial charge in [-0.25, -0.2) is 0 Å². The number of nitrogens with one attached hydrogen (secondary N) is 1. The highest BCUT2D eigenvalue weighted by Crippen LogP contribution is 2.41. The molecule has 0 unspecified atom stereocenters. The highest BCUT2D eigenvalue weighted by atomic mass is 15.0. The summed E-state index contributed by atoms with van der Waals surface area (Å²) in [4.78, 5) is 0. The van der Waals surface area contributed by atoms with Gasteiger partial charge in [-0.15, -0.1) is 0 Å². The Morgan fingerprint density at radius 2 is 0.900 bits per heavy atom. The fourth-order valence-corrected chi connectivity index (χ4v) is 7.18. The molecule has 0 atom stereocenters. The zero-order valence-electron chi connectivity index (χ0n) is 27.5. The number of fused-ring (bicyclic) bond motifs is 3. The fourth-order valence-electron chi connectivity index (χ4n) is 7.18. The molecular weight excluding hydrogens is 605 g/mol. The van der Waals surface area contributed by atoms with E-state index in [1.807, 2.05) is 0 Å². The van der Waals surface area contributed by atoms with Gasteiger partial charge < -0.3 is 9.88 Å².